The van der Waals surface area contributed by atoms with E-state index in [9.17, 15) is 9.59 Å². The van der Waals surface area contributed by atoms with Gasteiger partial charge in [-0.3, -0.25) is 14.5 Å². The molecule has 2 heterocycles. The number of benzene rings is 2. The number of carbonyl (C=O) groups excluding carboxylic acids is 2. The number of hydrogen-bond donors (Lipinski definition) is 0. The standard InChI is InChI=1S/C20H18N2O3/c1-11-5-8-16-15(9-11)21-17(25-16)12-6-7-13-14(10-12)19(24)22(18(13)23)20(2,3)4/h5-10H,1-4H3. The zero-order chi connectivity index (χ0) is 17.9. The summed E-state index contributed by atoms with van der Waals surface area (Å²) in [6, 6.07) is 10.9. The highest BCUT2D eigenvalue weighted by atomic mass is 16.3. The maximum Gasteiger partial charge on any atom is 0.262 e. The molecule has 4 rings (SSSR count). The summed E-state index contributed by atoms with van der Waals surface area (Å²) in [5.41, 5.74) is 3.51. The molecule has 0 atom stereocenters. The molecular weight excluding hydrogens is 316 g/mol. The van der Waals surface area contributed by atoms with Crippen molar-refractivity contribution in [3.8, 4) is 11.5 Å². The van der Waals surface area contributed by atoms with Gasteiger partial charge in [-0.2, -0.15) is 0 Å². The summed E-state index contributed by atoms with van der Waals surface area (Å²) in [5, 5.41) is 0. The van der Waals surface area contributed by atoms with Crippen molar-refractivity contribution in [1.29, 1.82) is 0 Å². The Morgan fingerprint density at radius 1 is 0.960 bits per heavy atom. The molecule has 0 unspecified atom stereocenters. The van der Waals surface area contributed by atoms with E-state index in [1.807, 2.05) is 45.9 Å². The van der Waals surface area contributed by atoms with E-state index in [0.29, 0.717) is 28.2 Å². The number of aryl methyl sites for hydroxylation is 1. The molecule has 0 saturated carbocycles. The molecular formula is C20H18N2O3. The summed E-state index contributed by atoms with van der Waals surface area (Å²) < 4.78 is 5.80. The Hall–Kier alpha value is -2.95. The lowest BCUT2D eigenvalue weighted by Crippen LogP contribution is -2.45. The average Bonchev–Trinajstić information content (AvgIpc) is 3.06. The van der Waals surface area contributed by atoms with Gasteiger partial charge in [0.1, 0.15) is 5.52 Å². The fourth-order valence-electron chi connectivity index (χ4n) is 3.14. The second kappa shape index (κ2) is 5.02. The molecule has 25 heavy (non-hydrogen) atoms. The first-order chi connectivity index (χ1) is 11.8. The van der Waals surface area contributed by atoms with Crippen molar-refractivity contribution in [1.82, 2.24) is 9.88 Å². The van der Waals surface area contributed by atoms with Gasteiger partial charge in [-0.25, -0.2) is 4.98 Å². The minimum Gasteiger partial charge on any atom is -0.436 e. The molecule has 5 nitrogen and oxygen atoms in total. The normalized spacial score (nSPS) is 14.5. The number of hydrogen-bond acceptors (Lipinski definition) is 4. The fourth-order valence-corrected chi connectivity index (χ4v) is 3.14. The Morgan fingerprint density at radius 2 is 1.68 bits per heavy atom. The SMILES string of the molecule is Cc1ccc2oc(-c3ccc4c(c3)C(=O)N(C(C)(C)C)C4=O)nc2c1. The Morgan fingerprint density at radius 3 is 2.40 bits per heavy atom. The van der Waals surface area contributed by atoms with Gasteiger partial charge in [-0.15, -0.1) is 0 Å². The van der Waals surface area contributed by atoms with E-state index in [1.54, 1.807) is 18.2 Å². The van der Waals surface area contributed by atoms with E-state index in [-0.39, 0.29) is 11.8 Å². The molecule has 1 aliphatic heterocycles. The number of fused-ring (bicyclic) bond motifs is 2. The smallest absolute Gasteiger partial charge is 0.262 e. The lowest BCUT2D eigenvalue weighted by molar-refractivity contribution is 0.0508. The molecule has 0 N–H and O–H groups in total. The molecule has 3 aromatic rings. The molecule has 1 aromatic heterocycles. The number of nitrogens with zero attached hydrogens (tertiary/aromatic N) is 2. The first kappa shape index (κ1) is 15.6. The van der Waals surface area contributed by atoms with Gasteiger partial charge in [0, 0.05) is 11.1 Å². The topological polar surface area (TPSA) is 63.4 Å². The van der Waals surface area contributed by atoms with Crippen LogP contribution in [0.4, 0.5) is 0 Å². The van der Waals surface area contributed by atoms with E-state index >= 15 is 0 Å². The van der Waals surface area contributed by atoms with E-state index in [2.05, 4.69) is 4.98 Å². The summed E-state index contributed by atoms with van der Waals surface area (Å²) >= 11 is 0. The minimum atomic E-state index is -0.567. The molecule has 5 heteroatoms. The van der Waals surface area contributed by atoms with Crippen LogP contribution in [0.5, 0.6) is 0 Å². The maximum atomic E-state index is 12.7. The van der Waals surface area contributed by atoms with Crippen LogP contribution in [0.2, 0.25) is 0 Å². The highest BCUT2D eigenvalue weighted by Gasteiger charge is 2.42. The first-order valence-corrected chi connectivity index (χ1v) is 8.16. The molecule has 126 valence electrons. The molecule has 0 spiro atoms. The third-order valence-corrected chi connectivity index (χ3v) is 4.35. The van der Waals surface area contributed by atoms with Crippen LogP contribution >= 0.6 is 0 Å². The van der Waals surface area contributed by atoms with Gasteiger partial charge in [-0.05, 0) is 63.6 Å². The fraction of sp³-hybridized carbons (Fsp3) is 0.250. The zero-order valence-electron chi connectivity index (χ0n) is 14.6. The van der Waals surface area contributed by atoms with Crippen molar-refractivity contribution < 1.29 is 14.0 Å². The van der Waals surface area contributed by atoms with Crippen LogP contribution in [0.3, 0.4) is 0 Å². The number of oxazole rings is 1. The molecule has 0 saturated heterocycles. The van der Waals surface area contributed by atoms with Crippen LogP contribution in [-0.2, 0) is 0 Å². The lowest BCUT2D eigenvalue weighted by atomic mass is 10.1. The summed E-state index contributed by atoms with van der Waals surface area (Å²) in [6.45, 7) is 7.53. The maximum absolute atomic E-state index is 12.7. The van der Waals surface area contributed by atoms with Gasteiger partial charge in [-0.1, -0.05) is 6.07 Å². The third-order valence-electron chi connectivity index (χ3n) is 4.35. The van der Waals surface area contributed by atoms with Crippen molar-refractivity contribution in [2.45, 2.75) is 33.2 Å². The van der Waals surface area contributed by atoms with Crippen LogP contribution in [0, 0.1) is 6.92 Å². The number of rotatable bonds is 1. The number of aromatic nitrogens is 1. The quantitative estimate of drug-likeness (QED) is 0.626. The predicted molar refractivity (Wildman–Crippen MR) is 94.4 cm³/mol. The molecule has 1 aliphatic rings. The van der Waals surface area contributed by atoms with Gasteiger partial charge in [0.15, 0.2) is 5.58 Å². The molecule has 2 aromatic carbocycles. The van der Waals surface area contributed by atoms with Crippen LogP contribution in [0.15, 0.2) is 40.8 Å². The lowest BCUT2D eigenvalue weighted by Gasteiger charge is -2.29. The Balaban J connectivity index is 1.81. The van der Waals surface area contributed by atoms with Crippen molar-refractivity contribution >= 4 is 22.9 Å². The van der Waals surface area contributed by atoms with Gasteiger partial charge in [0.2, 0.25) is 5.89 Å². The third kappa shape index (κ3) is 2.35. The van der Waals surface area contributed by atoms with E-state index in [1.165, 1.54) is 4.90 Å². The van der Waals surface area contributed by atoms with Gasteiger partial charge in [0.05, 0.1) is 11.1 Å². The van der Waals surface area contributed by atoms with Crippen LogP contribution in [-0.4, -0.2) is 27.2 Å². The van der Waals surface area contributed by atoms with E-state index in [0.717, 1.165) is 11.1 Å². The van der Waals surface area contributed by atoms with Crippen LogP contribution < -0.4 is 0 Å². The van der Waals surface area contributed by atoms with Crippen molar-refractivity contribution in [3.05, 3.63) is 53.1 Å². The second-order valence-corrected chi connectivity index (χ2v) is 7.37. The summed E-state index contributed by atoms with van der Waals surface area (Å²) in [6.07, 6.45) is 0. The van der Waals surface area contributed by atoms with E-state index < -0.39 is 5.54 Å². The second-order valence-electron chi connectivity index (χ2n) is 7.37. The first-order valence-electron chi connectivity index (χ1n) is 8.16. The van der Waals surface area contributed by atoms with Crippen LogP contribution in [0.25, 0.3) is 22.6 Å². The molecule has 0 fully saturated rings. The van der Waals surface area contributed by atoms with Crippen molar-refractivity contribution in [2.75, 3.05) is 0 Å². The number of imide groups is 1. The summed E-state index contributed by atoms with van der Waals surface area (Å²) in [4.78, 5) is 31.1. The Bertz CT molecular complexity index is 1040. The van der Waals surface area contributed by atoms with Crippen molar-refractivity contribution in [3.63, 3.8) is 0 Å². The molecule has 2 amide bonds. The number of carbonyl (C=O) groups is 2. The Labute approximate surface area is 145 Å². The van der Waals surface area contributed by atoms with Crippen molar-refractivity contribution in [2.24, 2.45) is 0 Å². The average molecular weight is 334 g/mol. The highest BCUT2D eigenvalue weighted by molar-refractivity contribution is 6.22. The van der Waals surface area contributed by atoms with Crippen LogP contribution in [0.1, 0.15) is 47.1 Å². The predicted octanol–water partition coefficient (Wildman–Crippen LogP) is 4.20. The Kier molecular flexibility index (Phi) is 3.13. The molecule has 0 radical (unpaired) electrons. The number of amides is 2. The van der Waals surface area contributed by atoms with Gasteiger partial charge < -0.3 is 4.42 Å². The minimum absolute atomic E-state index is 0.257. The summed E-state index contributed by atoms with van der Waals surface area (Å²) in [5.74, 6) is -0.0913. The van der Waals surface area contributed by atoms with Gasteiger partial charge >= 0.3 is 0 Å². The highest BCUT2D eigenvalue weighted by Crippen LogP contribution is 2.33. The largest absolute Gasteiger partial charge is 0.436 e. The zero-order valence-corrected chi connectivity index (χ0v) is 14.6. The molecule has 0 aliphatic carbocycles. The van der Waals surface area contributed by atoms with Gasteiger partial charge in [0.25, 0.3) is 11.8 Å². The monoisotopic (exact) mass is 334 g/mol. The summed E-state index contributed by atoms with van der Waals surface area (Å²) in [7, 11) is 0. The molecule has 0 bridgehead atoms. The van der Waals surface area contributed by atoms with E-state index in [4.69, 9.17) is 4.42 Å².